The van der Waals surface area contributed by atoms with Gasteiger partial charge in [-0.2, -0.15) is 0 Å². The number of rotatable bonds is 22. The Labute approximate surface area is 197 Å². The van der Waals surface area contributed by atoms with Gasteiger partial charge in [0.15, 0.2) is 0 Å². The molecule has 2 rings (SSSR count). The number of fused-ring (bicyclic) bond motifs is 2. The van der Waals surface area contributed by atoms with Crippen molar-refractivity contribution in [2.45, 2.75) is 162 Å². The minimum absolute atomic E-state index is 0.955. The van der Waals surface area contributed by atoms with E-state index in [4.69, 9.17) is 0 Å². The molecule has 0 aliphatic heterocycles. The molecule has 1 fully saturated rings. The van der Waals surface area contributed by atoms with Crippen LogP contribution in [0, 0.1) is 23.7 Å². The van der Waals surface area contributed by atoms with E-state index in [1.165, 1.54) is 148 Å². The normalized spacial score (nSPS) is 24.5. The molecule has 0 heterocycles. The maximum Gasteiger partial charge on any atom is -0.0196 e. The van der Waals surface area contributed by atoms with E-state index in [1.54, 1.807) is 0 Å². The highest BCUT2D eigenvalue weighted by Gasteiger charge is 2.43. The Morgan fingerprint density at radius 3 is 1.03 bits per heavy atom. The Bertz CT molecular complexity index is 384. The number of hydrogen-bond donors (Lipinski definition) is 0. The average molecular weight is 431 g/mol. The molecule has 2 bridgehead atoms. The van der Waals surface area contributed by atoms with Crippen LogP contribution in [0.1, 0.15) is 162 Å². The average Bonchev–Trinajstić information content (AvgIpc) is 3.38. The lowest BCUT2D eigenvalue weighted by Crippen LogP contribution is -2.19. The van der Waals surface area contributed by atoms with Gasteiger partial charge in [-0.3, -0.25) is 0 Å². The first-order valence-electron chi connectivity index (χ1n) is 15.0. The molecular weight excluding hydrogens is 372 g/mol. The highest BCUT2D eigenvalue weighted by Crippen LogP contribution is 2.51. The molecule has 0 saturated heterocycles. The minimum atomic E-state index is 0.955. The molecule has 2 aliphatic carbocycles. The fraction of sp³-hybridized carbons (Fsp3) is 0.935. The van der Waals surface area contributed by atoms with Gasteiger partial charge in [0.2, 0.25) is 0 Å². The van der Waals surface area contributed by atoms with E-state index >= 15 is 0 Å². The van der Waals surface area contributed by atoms with E-state index in [-0.39, 0.29) is 0 Å². The molecule has 0 radical (unpaired) electrons. The molecule has 2 aliphatic rings. The summed E-state index contributed by atoms with van der Waals surface area (Å²) in [5.74, 6) is 4.00. The van der Waals surface area contributed by atoms with Crippen LogP contribution in [0.4, 0.5) is 0 Å². The van der Waals surface area contributed by atoms with Crippen LogP contribution in [0.15, 0.2) is 12.2 Å². The Balaban J connectivity index is 1.46. The van der Waals surface area contributed by atoms with Gasteiger partial charge in [-0.15, -0.1) is 0 Å². The first kappa shape index (κ1) is 27.0. The second-order valence-corrected chi connectivity index (χ2v) is 11.2. The predicted octanol–water partition coefficient (Wildman–Crippen LogP) is 11.0. The SMILES string of the molecule is CCCCCCCCCCCCC1C2C=CC(C2)C1CCCCCCCCCCCC. The summed E-state index contributed by atoms with van der Waals surface area (Å²) >= 11 is 0. The monoisotopic (exact) mass is 430 g/mol. The van der Waals surface area contributed by atoms with Crippen molar-refractivity contribution in [2.24, 2.45) is 23.7 Å². The molecule has 4 unspecified atom stereocenters. The summed E-state index contributed by atoms with van der Waals surface area (Å²) in [6.07, 6.45) is 39.2. The number of unbranched alkanes of at least 4 members (excludes halogenated alkanes) is 18. The van der Waals surface area contributed by atoms with Gasteiger partial charge in [0, 0.05) is 0 Å². The van der Waals surface area contributed by atoms with Crippen molar-refractivity contribution >= 4 is 0 Å². The van der Waals surface area contributed by atoms with Crippen LogP contribution in [0.5, 0.6) is 0 Å². The van der Waals surface area contributed by atoms with Gasteiger partial charge < -0.3 is 0 Å². The summed E-state index contributed by atoms with van der Waals surface area (Å²) in [5, 5.41) is 0. The first-order chi connectivity index (χ1) is 15.4. The molecule has 0 N–H and O–H groups in total. The lowest BCUT2D eigenvalue weighted by Gasteiger charge is -2.28. The van der Waals surface area contributed by atoms with Gasteiger partial charge in [-0.25, -0.2) is 0 Å². The molecule has 31 heavy (non-hydrogen) atoms. The molecule has 4 atom stereocenters. The Kier molecular flexibility index (Phi) is 15.8. The topological polar surface area (TPSA) is 0 Å². The van der Waals surface area contributed by atoms with Crippen molar-refractivity contribution in [1.82, 2.24) is 0 Å². The molecule has 182 valence electrons. The van der Waals surface area contributed by atoms with Crippen molar-refractivity contribution in [3.63, 3.8) is 0 Å². The molecule has 0 nitrogen and oxygen atoms in total. The molecule has 0 heteroatoms. The fourth-order valence-corrected chi connectivity index (χ4v) is 6.62. The maximum atomic E-state index is 2.60. The standard InChI is InChI=1S/C31H58/c1-3-5-7-9-11-13-15-17-19-21-23-30-28-25-26-29(27-28)31(30)24-22-20-18-16-14-12-10-8-6-4-2/h25-26,28-31H,3-24,27H2,1-2H3. The van der Waals surface area contributed by atoms with E-state index in [0.29, 0.717) is 0 Å². The van der Waals surface area contributed by atoms with Gasteiger partial charge in [-0.1, -0.05) is 154 Å². The van der Waals surface area contributed by atoms with E-state index in [0.717, 1.165) is 23.7 Å². The molecule has 0 aromatic carbocycles. The summed E-state index contributed by atoms with van der Waals surface area (Å²) in [4.78, 5) is 0. The smallest absolute Gasteiger partial charge is 0.0196 e. The van der Waals surface area contributed by atoms with Crippen molar-refractivity contribution < 1.29 is 0 Å². The molecule has 0 aromatic heterocycles. The minimum Gasteiger partial charge on any atom is -0.0848 e. The van der Waals surface area contributed by atoms with Crippen LogP contribution in [0.2, 0.25) is 0 Å². The van der Waals surface area contributed by atoms with Crippen molar-refractivity contribution in [1.29, 1.82) is 0 Å². The third kappa shape index (κ3) is 11.4. The number of hydrogen-bond acceptors (Lipinski definition) is 0. The summed E-state index contributed by atoms with van der Waals surface area (Å²) in [6.45, 7) is 4.63. The van der Waals surface area contributed by atoms with Crippen LogP contribution in [0.25, 0.3) is 0 Å². The second kappa shape index (κ2) is 18.2. The van der Waals surface area contributed by atoms with Gasteiger partial charge in [0.25, 0.3) is 0 Å². The highest BCUT2D eigenvalue weighted by molar-refractivity contribution is 5.13. The lowest BCUT2D eigenvalue weighted by molar-refractivity contribution is 0.260. The van der Waals surface area contributed by atoms with Crippen molar-refractivity contribution in [3.8, 4) is 0 Å². The Morgan fingerprint density at radius 1 is 0.419 bits per heavy atom. The zero-order valence-electron chi connectivity index (χ0n) is 21.7. The van der Waals surface area contributed by atoms with E-state index in [2.05, 4.69) is 26.0 Å². The van der Waals surface area contributed by atoms with Crippen LogP contribution in [-0.4, -0.2) is 0 Å². The Hall–Kier alpha value is -0.260. The fourth-order valence-electron chi connectivity index (χ4n) is 6.62. The van der Waals surface area contributed by atoms with Gasteiger partial charge in [-0.05, 0) is 42.9 Å². The van der Waals surface area contributed by atoms with Crippen LogP contribution >= 0.6 is 0 Å². The lowest BCUT2D eigenvalue weighted by atomic mass is 9.77. The molecule has 0 amide bonds. The third-order valence-corrected chi connectivity index (χ3v) is 8.58. The molecule has 1 saturated carbocycles. The summed E-state index contributed by atoms with van der Waals surface area (Å²) in [7, 11) is 0. The number of allylic oxidation sites excluding steroid dienone is 2. The largest absolute Gasteiger partial charge is 0.0848 e. The van der Waals surface area contributed by atoms with Crippen LogP contribution in [0.3, 0.4) is 0 Å². The zero-order chi connectivity index (χ0) is 22.0. The quantitative estimate of drug-likeness (QED) is 0.118. The first-order valence-corrected chi connectivity index (χ1v) is 15.0. The molecular formula is C31H58. The van der Waals surface area contributed by atoms with Gasteiger partial charge in [0.1, 0.15) is 0 Å². The van der Waals surface area contributed by atoms with Gasteiger partial charge >= 0.3 is 0 Å². The maximum absolute atomic E-state index is 2.60. The van der Waals surface area contributed by atoms with E-state index in [1.807, 2.05) is 0 Å². The summed E-state index contributed by atoms with van der Waals surface area (Å²) in [5.41, 5.74) is 0. The van der Waals surface area contributed by atoms with E-state index in [9.17, 15) is 0 Å². The van der Waals surface area contributed by atoms with Crippen LogP contribution in [-0.2, 0) is 0 Å². The molecule has 0 spiro atoms. The summed E-state index contributed by atoms with van der Waals surface area (Å²) < 4.78 is 0. The zero-order valence-corrected chi connectivity index (χ0v) is 21.7. The highest BCUT2D eigenvalue weighted by atomic mass is 14.5. The van der Waals surface area contributed by atoms with Crippen molar-refractivity contribution in [2.75, 3.05) is 0 Å². The second-order valence-electron chi connectivity index (χ2n) is 11.2. The van der Waals surface area contributed by atoms with Crippen LogP contribution < -0.4 is 0 Å². The van der Waals surface area contributed by atoms with Crippen molar-refractivity contribution in [3.05, 3.63) is 12.2 Å². The summed E-state index contributed by atoms with van der Waals surface area (Å²) in [6, 6.07) is 0. The third-order valence-electron chi connectivity index (χ3n) is 8.58. The van der Waals surface area contributed by atoms with Gasteiger partial charge in [0.05, 0.1) is 0 Å². The predicted molar refractivity (Wildman–Crippen MR) is 141 cm³/mol. The van der Waals surface area contributed by atoms with E-state index < -0.39 is 0 Å². The Morgan fingerprint density at radius 2 is 0.710 bits per heavy atom. The molecule has 0 aromatic rings.